The fraction of sp³-hybridized carbons (Fsp3) is 0.500. The number of nitrogens with zero attached hydrogens (tertiary/aromatic N) is 2. The standard InChI is InChI=1S/C10H15N3O3/c1-7-3-12-8(4-11-7)9(15)13-5-10(2,16)6-14/h3-4,14,16H,5-6H2,1-2H3,(H,13,15). The molecule has 0 fully saturated rings. The molecule has 1 unspecified atom stereocenters. The Morgan fingerprint density at radius 3 is 2.69 bits per heavy atom. The van der Waals surface area contributed by atoms with Crippen molar-refractivity contribution in [3.05, 3.63) is 23.8 Å². The van der Waals surface area contributed by atoms with E-state index in [-0.39, 0.29) is 12.2 Å². The van der Waals surface area contributed by atoms with Crippen molar-refractivity contribution in [3.63, 3.8) is 0 Å². The number of aliphatic hydroxyl groups is 2. The number of aryl methyl sites for hydroxylation is 1. The van der Waals surface area contributed by atoms with E-state index in [0.29, 0.717) is 0 Å². The van der Waals surface area contributed by atoms with Crippen LogP contribution in [-0.2, 0) is 0 Å². The zero-order chi connectivity index (χ0) is 12.2. The fourth-order valence-electron chi connectivity index (χ4n) is 0.927. The first-order chi connectivity index (χ1) is 7.44. The van der Waals surface area contributed by atoms with Crippen LogP contribution in [0.5, 0.6) is 0 Å². The second kappa shape index (κ2) is 5.00. The maximum absolute atomic E-state index is 11.5. The molecule has 0 saturated heterocycles. The molecule has 1 heterocycles. The Morgan fingerprint density at radius 2 is 2.19 bits per heavy atom. The van der Waals surface area contributed by atoms with E-state index in [9.17, 15) is 9.90 Å². The van der Waals surface area contributed by atoms with Crippen molar-refractivity contribution >= 4 is 5.91 Å². The minimum Gasteiger partial charge on any atom is -0.393 e. The molecule has 1 amide bonds. The van der Waals surface area contributed by atoms with Gasteiger partial charge in [-0.3, -0.25) is 9.78 Å². The molecule has 0 aliphatic heterocycles. The van der Waals surface area contributed by atoms with E-state index in [0.717, 1.165) is 5.69 Å². The van der Waals surface area contributed by atoms with Gasteiger partial charge in [0.1, 0.15) is 11.3 Å². The highest BCUT2D eigenvalue weighted by Crippen LogP contribution is 2.00. The predicted molar refractivity (Wildman–Crippen MR) is 56.8 cm³/mol. The van der Waals surface area contributed by atoms with Gasteiger partial charge in [0.05, 0.1) is 18.5 Å². The lowest BCUT2D eigenvalue weighted by molar-refractivity contribution is 0.00316. The number of carbonyl (C=O) groups is 1. The van der Waals surface area contributed by atoms with Gasteiger partial charge < -0.3 is 15.5 Å². The Labute approximate surface area is 93.4 Å². The van der Waals surface area contributed by atoms with Gasteiger partial charge in [-0.1, -0.05) is 0 Å². The van der Waals surface area contributed by atoms with E-state index in [2.05, 4.69) is 15.3 Å². The number of aliphatic hydroxyl groups excluding tert-OH is 1. The first-order valence-corrected chi connectivity index (χ1v) is 4.85. The molecule has 0 saturated carbocycles. The van der Waals surface area contributed by atoms with Crippen LogP contribution in [0.4, 0.5) is 0 Å². The largest absolute Gasteiger partial charge is 0.393 e. The minimum absolute atomic E-state index is 0.0438. The van der Waals surface area contributed by atoms with Crippen LogP contribution in [0.1, 0.15) is 23.1 Å². The molecule has 1 rings (SSSR count). The lowest BCUT2D eigenvalue weighted by atomic mass is 10.1. The Bertz CT molecular complexity index is 362. The van der Waals surface area contributed by atoms with Gasteiger partial charge in [-0.25, -0.2) is 4.98 Å². The molecular formula is C10H15N3O3. The average molecular weight is 225 g/mol. The highest BCUT2D eigenvalue weighted by Gasteiger charge is 2.20. The van der Waals surface area contributed by atoms with Gasteiger partial charge in [-0.15, -0.1) is 0 Å². The third-order valence-corrected chi connectivity index (χ3v) is 1.98. The highest BCUT2D eigenvalue weighted by molar-refractivity contribution is 5.91. The van der Waals surface area contributed by atoms with Gasteiger partial charge in [0, 0.05) is 12.7 Å². The topological polar surface area (TPSA) is 95.3 Å². The number of aromatic nitrogens is 2. The average Bonchev–Trinajstić information content (AvgIpc) is 2.27. The quantitative estimate of drug-likeness (QED) is 0.627. The first-order valence-electron chi connectivity index (χ1n) is 4.85. The van der Waals surface area contributed by atoms with Gasteiger partial charge in [-0.2, -0.15) is 0 Å². The molecule has 6 nitrogen and oxygen atoms in total. The lowest BCUT2D eigenvalue weighted by Crippen LogP contribution is -2.43. The Morgan fingerprint density at radius 1 is 1.50 bits per heavy atom. The molecule has 0 aromatic carbocycles. The highest BCUT2D eigenvalue weighted by atomic mass is 16.3. The molecule has 0 radical (unpaired) electrons. The fourth-order valence-corrected chi connectivity index (χ4v) is 0.927. The van der Waals surface area contributed by atoms with Crippen LogP contribution in [0, 0.1) is 6.92 Å². The van der Waals surface area contributed by atoms with Crippen molar-refractivity contribution in [2.24, 2.45) is 0 Å². The monoisotopic (exact) mass is 225 g/mol. The van der Waals surface area contributed by atoms with E-state index in [1.807, 2.05) is 0 Å². The molecule has 0 bridgehead atoms. The summed E-state index contributed by atoms with van der Waals surface area (Å²) in [5, 5.41) is 20.7. The number of rotatable bonds is 4. The zero-order valence-corrected chi connectivity index (χ0v) is 9.27. The maximum Gasteiger partial charge on any atom is 0.271 e. The predicted octanol–water partition coefficient (Wildman–Crippen LogP) is -0.742. The van der Waals surface area contributed by atoms with Crippen molar-refractivity contribution in [2.45, 2.75) is 19.4 Å². The molecule has 0 aliphatic carbocycles. The molecule has 0 spiro atoms. The summed E-state index contributed by atoms with van der Waals surface area (Å²) in [5.74, 6) is -0.429. The number of carbonyl (C=O) groups excluding carboxylic acids is 1. The number of nitrogens with one attached hydrogen (secondary N) is 1. The normalized spacial score (nSPS) is 14.2. The van der Waals surface area contributed by atoms with Gasteiger partial charge in [0.2, 0.25) is 0 Å². The second-order valence-corrected chi connectivity index (χ2v) is 3.88. The molecule has 6 heteroatoms. The summed E-state index contributed by atoms with van der Waals surface area (Å²) in [6.07, 6.45) is 2.84. The third-order valence-electron chi connectivity index (χ3n) is 1.98. The van der Waals surface area contributed by atoms with E-state index in [1.165, 1.54) is 19.3 Å². The third kappa shape index (κ3) is 3.56. The number of amides is 1. The summed E-state index contributed by atoms with van der Waals surface area (Å²) in [5.41, 5.74) is -0.424. The van der Waals surface area contributed by atoms with Crippen LogP contribution >= 0.6 is 0 Å². The number of hydrogen-bond donors (Lipinski definition) is 3. The molecule has 0 aliphatic rings. The summed E-state index contributed by atoms with van der Waals surface area (Å²) in [6, 6.07) is 0. The molecule has 1 aromatic heterocycles. The van der Waals surface area contributed by atoms with Crippen LogP contribution in [0.3, 0.4) is 0 Å². The second-order valence-electron chi connectivity index (χ2n) is 3.88. The maximum atomic E-state index is 11.5. The van der Waals surface area contributed by atoms with E-state index in [4.69, 9.17) is 5.11 Å². The lowest BCUT2D eigenvalue weighted by Gasteiger charge is -2.20. The van der Waals surface area contributed by atoms with Crippen LogP contribution in [0.25, 0.3) is 0 Å². The molecule has 88 valence electrons. The van der Waals surface area contributed by atoms with Crippen molar-refractivity contribution < 1.29 is 15.0 Å². The first kappa shape index (κ1) is 12.5. The molecular weight excluding hydrogens is 210 g/mol. The van der Waals surface area contributed by atoms with E-state index < -0.39 is 18.1 Å². The molecule has 1 aromatic rings. The SMILES string of the molecule is Cc1cnc(C(=O)NCC(C)(O)CO)cn1. The summed E-state index contributed by atoms with van der Waals surface area (Å²) < 4.78 is 0. The molecule has 3 N–H and O–H groups in total. The smallest absolute Gasteiger partial charge is 0.271 e. The van der Waals surface area contributed by atoms with Crippen molar-refractivity contribution in [1.29, 1.82) is 0 Å². The van der Waals surface area contributed by atoms with Gasteiger partial charge >= 0.3 is 0 Å². The Hall–Kier alpha value is -1.53. The zero-order valence-electron chi connectivity index (χ0n) is 9.27. The number of hydrogen-bond acceptors (Lipinski definition) is 5. The van der Waals surface area contributed by atoms with Crippen LogP contribution in [0.15, 0.2) is 12.4 Å². The van der Waals surface area contributed by atoms with Gasteiger partial charge in [-0.05, 0) is 13.8 Å². The van der Waals surface area contributed by atoms with E-state index in [1.54, 1.807) is 6.92 Å². The van der Waals surface area contributed by atoms with Crippen LogP contribution in [-0.4, -0.2) is 44.8 Å². The Kier molecular flexibility index (Phi) is 3.92. The van der Waals surface area contributed by atoms with Gasteiger partial charge in [0.25, 0.3) is 5.91 Å². The molecule has 1 atom stereocenters. The summed E-state index contributed by atoms with van der Waals surface area (Å²) in [6.45, 7) is 2.73. The van der Waals surface area contributed by atoms with Crippen molar-refractivity contribution in [3.8, 4) is 0 Å². The van der Waals surface area contributed by atoms with Crippen molar-refractivity contribution in [2.75, 3.05) is 13.2 Å². The van der Waals surface area contributed by atoms with Crippen LogP contribution < -0.4 is 5.32 Å². The summed E-state index contributed by atoms with van der Waals surface area (Å²) in [7, 11) is 0. The molecule has 16 heavy (non-hydrogen) atoms. The van der Waals surface area contributed by atoms with Crippen LogP contribution in [0.2, 0.25) is 0 Å². The summed E-state index contributed by atoms with van der Waals surface area (Å²) in [4.78, 5) is 19.3. The van der Waals surface area contributed by atoms with E-state index >= 15 is 0 Å². The Balaban J connectivity index is 2.56. The minimum atomic E-state index is -1.33. The van der Waals surface area contributed by atoms with Crippen molar-refractivity contribution in [1.82, 2.24) is 15.3 Å². The summed E-state index contributed by atoms with van der Waals surface area (Å²) >= 11 is 0. The van der Waals surface area contributed by atoms with Gasteiger partial charge in [0.15, 0.2) is 0 Å².